The number of hydrogen-bond donors (Lipinski definition) is 3. The largest absolute Gasteiger partial charge is 0.300 e. The lowest BCUT2D eigenvalue weighted by Gasteiger charge is -2.56. The number of rotatable bonds is 3. The molecular weight excluding hydrogens is 621 g/mol. The van der Waals surface area contributed by atoms with E-state index in [2.05, 4.69) is 0 Å². The van der Waals surface area contributed by atoms with Crippen molar-refractivity contribution in [2.75, 3.05) is 14.7 Å². The molecule has 0 unspecified atom stereocenters. The van der Waals surface area contributed by atoms with Crippen molar-refractivity contribution in [3.05, 3.63) is 87.3 Å². The summed E-state index contributed by atoms with van der Waals surface area (Å²) in [5.41, 5.74) is 10.2. The number of nitrogens with zero attached hydrogens (tertiary/aromatic N) is 3. The van der Waals surface area contributed by atoms with Gasteiger partial charge in [-0.2, -0.15) is 0 Å². The third-order valence-corrected chi connectivity index (χ3v) is 6.04. The number of benzene rings is 3. The molecule has 6 nitrogen and oxygen atoms in total. The summed E-state index contributed by atoms with van der Waals surface area (Å²) in [6, 6.07) is 0. The maximum atomic E-state index is 14.8. The topological polar surface area (TPSA) is 87.8 Å². The minimum Gasteiger partial charge on any atom is -0.300 e. The van der Waals surface area contributed by atoms with Crippen molar-refractivity contribution < 1.29 is 65.9 Å². The molecule has 0 amide bonds. The van der Waals surface area contributed by atoms with Gasteiger partial charge >= 0.3 is 0 Å². The highest BCUT2D eigenvalue weighted by molar-refractivity contribution is 5.65. The Kier molecular flexibility index (Phi) is 7.57. The van der Waals surface area contributed by atoms with E-state index in [1.165, 1.54) is 0 Å². The van der Waals surface area contributed by atoms with Crippen LogP contribution < -0.4 is 31.9 Å². The van der Waals surface area contributed by atoms with Crippen molar-refractivity contribution in [1.29, 1.82) is 0 Å². The summed E-state index contributed by atoms with van der Waals surface area (Å²) >= 11 is 0. The second kappa shape index (κ2) is 10.3. The van der Waals surface area contributed by atoms with E-state index < -0.39 is 138 Å². The average molecular weight is 630 g/mol. The van der Waals surface area contributed by atoms with Crippen LogP contribution in [0.1, 0.15) is 0 Å². The summed E-state index contributed by atoms with van der Waals surface area (Å²) < 4.78 is 214. The van der Waals surface area contributed by atoms with Crippen LogP contribution in [0, 0.1) is 87.3 Å². The summed E-state index contributed by atoms with van der Waals surface area (Å²) in [6.07, 6.45) is -8.89. The Morgan fingerprint density at radius 3 is 0.524 bits per heavy atom. The van der Waals surface area contributed by atoms with Crippen LogP contribution in [0.4, 0.5) is 82.9 Å². The molecule has 0 aliphatic carbocycles. The molecule has 0 aromatic heterocycles. The van der Waals surface area contributed by atoms with Gasteiger partial charge in [0, 0.05) is 0 Å². The van der Waals surface area contributed by atoms with Crippen LogP contribution in [-0.4, -0.2) is 18.9 Å². The Bertz CT molecular complexity index is 1350. The molecule has 1 fully saturated rings. The highest BCUT2D eigenvalue weighted by Gasteiger charge is 2.50. The van der Waals surface area contributed by atoms with Gasteiger partial charge in [-0.1, -0.05) is 0 Å². The first kappa shape index (κ1) is 30.8. The van der Waals surface area contributed by atoms with Crippen molar-refractivity contribution in [2.45, 2.75) is 18.9 Å². The van der Waals surface area contributed by atoms with Gasteiger partial charge in [0.05, 0.1) is 0 Å². The molecule has 228 valence electrons. The molecule has 1 heterocycles. The smallest absolute Gasteiger partial charge is 0.200 e. The van der Waals surface area contributed by atoms with E-state index in [9.17, 15) is 65.9 Å². The van der Waals surface area contributed by atoms with E-state index in [1.54, 1.807) is 0 Å². The fraction of sp³-hybridized carbons (Fsp3) is 0.143. The third kappa shape index (κ3) is 4.05. The average Bonchev–Trinajstić information content (AvgIpc) is 2.95. The highest BCUT2D eigenvalue weighted by atomic mass is 19.2. The van der Waals surface area contributed by atoms with Crippen LogP contribution in [0.15, 0.2) is 0 Å². The Hall–Kier alpha value is -4.11. The molecule has 0 saturated carbocycles. The number of halogens is 15. The van der Waals surface area contributed by atoms with Gasteiger partial charge in [-0.3, -0.25) is 31.9 Å². The fourth-order valence-electron chi connectivity index (χ4n) is 4.13. The van der Waals surface area contributed by atoms with Crippen molar-refractivity contribution in [3.8, 4) is 0 Å². The van der Waals surface area contributed by atoms with Crippen molar-refractivity contribution in [2.24, 2.45) is 17.2 Å². The molecule has 0 atom stereocenters. The molecule has 1 saturated heterocycles. The Balaban J connectivity index is 2.14. The number of nitrogens with two attached hydrogens (primary N) is 3. The first-order chi connectivity index (χ1) is 19.4. The molecule has 3 aromatic rings. The molecule has 1 aliphatic rings. The lowest BCUT2D eigenvalue weighted by molar-refractivity contribution is 0.309. The monoisotopic (exact) mass is 630 g/mol. The molecule has 0 radical (unpaired) electrons. The fourth-order valence-corrected chi connectivity index (χ4v) is 4.13. The van der Waals surface area contributed by atoms with E-state index in [0.717, 1.165) is 0 Å². The quantitative estimate of drug-likeness (QED) is 0.227. The first-order valence-electron chi connectivity index (χ1n) is 10.6. The first-order valence-corrected chi connectivity index (χ1v) is 10.6. The predicted octanol–water partition coefficient (Wildman–Crippen LogP) is 4.33. The molecule has 0 bridgehead atoms. The van der Waals surface area contributed by atoms with Crippen molar-refractivity contribution in [3.63, 3.8) is 0 Å². The number of anilines is 3. The van der Waals surface area contributed by atoms with E-state index in [1.807, 2.05) is 0 Å². The third-order valence-electron chi connectivity index (χ3n) is 6.04. The Labute approximate surface area is 221 Å². The van der Waals surface area contributed by atoms with Gasteiger partial charge in [0.2, 0.25) is 17.5 Å². The van der Waals surface area contributed by atoms with Gasteiger partial charge in [-0.05, 0) is 0 Å². The summed E-state index contributed by atoms with van der Waals surface area (Å²) in [5.74, 6) is -41.8. The molecule has 3 aromatic carbocycles. The van der Waals surface area contributed by atoms with Crippen molar-refractivity contribution >= 4 is 17.1 Å². The van der Waals surface area contributed by atoms with Gasteiger partial charge in [0.25, 0.3) is 0 Å². The lowest BCUT2D eigenvalue weighted by atomic mass is 10.1. The second-order valence-corrected chi connectivity index (χ2v) is 8.22. The molecular formula is C21H9F15N6. The van der Waals surface area contributed by atoms with Crippen LogP contribution in [0.5, 0.6) is 0 Å². The standard InChI is InChI=1S/C21H9F15N6/c22-1-4(25)10(31)16(11(32)5(1)26)40-19(37)41(17-12(33)6(27)2(23)7(28)13(17)34)21(39)42(20(40)38)18-14(35)8(29)3(24)9(30)15(18)36/h19-21H,37-39H2. The van der Waals surface area contributed by atoms with Gasteiger partial charge in [-0.15, -0.1) is 0 Å². The molecule has 42 heavy (non-hydrogen) atoms. The van der Waals surface area contributed by atoms with Crippen molar-refractivity contribution in [1.82, 2.24) is 0 Å². The van der Waals surface area contributed by atoms with Crippen LogP contribution in [0.3, 0.4) is 0 Å². The summed E-state index contributed by atoms with van der Waals surface area (Å²) in [5, 5.41) is 0. The molecule has 1 aliphatic heterocycles. The zero-order chi connectivity index (χ0) is 31.9. The predicted molar refractivity (Wildman–Crippen MR) is 110 cm³/mol. The van der Waals surface area contributed by atoms with Gasteiger partial charge in [-0.25, -0.2) is 65.9 Å². The van der Waals surface area contributed by atoms with Gasteiger partial charge in [0.15, 0.2) is 88.7 Å². The second-order valence-electron chi connectivity index (χ2n) is 8.22. The van der Waals surface area contributed by atoms with E-state index >= 15 is 0 Å². The van der Waals surface area contributed by atoms with Gasteiger partial charge in [0.1, 0.15) is 17.1 Å². The maximum absolute atomic E-state index is 14.8. The Morgan fingerprint density at radius 2 is 0.381 bits per heavy atom. The summed E-state index contributed by atoms with van der Waals surface area (Å²) in [6.45, 7) is 0. The molecule has 21 heteroatoms. The molecule has 4 rings (SSSR count). The van der Waals surface area contributed by atoms with E-state index in [-0.39, 0.29) is 0 Å². The van der Waals surface area contributed by atoms with E-state index in [4.69, 9.17) is 17.2 Å². The Morgan fingerprint density at radius 1 is 0.262 bits per heavy atom. The SMILES string of the molecule is NC1N(c2c(F)c(F)c(F)c(F)c2F)C(N)N(c2c(F)c(F)c(F)c(F)c2F)C(N)N1c1c(F)c(F)c(F)c(F)c1F. The number of hydrogen-bond acceptors (Lipinski definition) is 6. The van der Waals surface area contributed by atoms with Crippen LogP contribution in [0.25, 0.3) is 0 Å². The van der Waals surface area contributed by atoms with Crippen LogP contribution in [0.2, 0.25) is 0 Å². The normalized spacial score (nSPS) is 19.3. The highest BCUT2D eigenvalue weighted by Crippen LogP contribution is 2.42. The molecule has 0 spiro atoms. The molecule has 6 N–H and O–H groups in total. The minimum atomic E-state index is -2.96. The van der Waals surface area contributed by atoms with E-state index in [0.29, 0.717) is 0 Å². The van der Waals surface area contributed by atoms with Gasteiger partial charge < -0.3 is 0 Å². The zero-order valence-corrected chi connectivity index (χ0v) is 19.5. The van der Waals surface area contributed by atoms with Crippen LogP contribution >= 0.6 is 0 Å². The lowest BCUT2D eigenvalue weighted by Crippen LogP contribution is -2.79. The minimum absolute atomic E-state index is 0.532. The maximum Gasteiger partial charge on any atom is 0.200 e. The zero-order valence-electron chi connectivity index (χ0n) is 19.5. The summed E-state index contributed by atoms with van der Waals surface area (Å²) in [7, 11) is 0. The van der Waals surface area contributed by atoms with Crippen LogP contribution in [-0.2, 0) is 0 Å². The summed E-state index contributed by atoms with van der Waals surface area (Å²) in [4.78, 5) is -1.60.